The second-order valence-electron chi connectivity index (χ2n) is 4.65. The van der Waals surface area contributed by atoms with E-state index in [4.69, 9.17) is 4.74 Å². The van der Waals surface area contributed by atoms with E-state index >= 15 is 0 Å². The summed E-state index contributed by atoms with van der Waals surface area (Å²) in [5, 5.41) is 0.923. The van der Waals surface area contributed by atoms with Gasteiger partial charge in [0.25, 0.3) is 5.56 Å². The molecule has 2 aromatic rings. The number of hydrogen-bond acceptors (Lipinski definition) is 2. The third-order valence-electron chi connectivity index (χ3n) is 3.12. The van der Waals surface area contributed by atoms with Crippen molar-refractivity contribution in [3.8, 4) is 5.75 Å². The number of hydrogen-bond donors (Lipinski definition) is 1. The van der Waals surface area contributed by atoms with E-state index in [-0.39, 0.29) is 5.56 Å². The number of ether oxygens (including phenoxy) is 1. The summed E-state index contributed by atoms with van der Waals surface area (Å²) < 4.78 is 6.85. The Kier molecular flexibility index (Phi) is 5.01. The fraction of sp³-hybridized carbons (Fsp3) is 0.312. The monoisotopic (exact) mass is 335 g/mol. The normalized spacial score (nSPS) is 10.7. The van der Waals surface area contributed by atoms with Crippen molar-refractivity contribution in [3.05, 3.63) is 51.2 Å². The largest absolute Gasteiger partial charge is 0.492 e. The summed E-state index contributed by atoms with van der Waals surface area (Å²) in [7, 11) is 0. The van der Waals surface area contributed by atoms with Crippen LogP contribution < -0.4 is 10.3 Å². The molecule has 0 aliphatic rings. The summed E-state index contributed by atoms with van der Waals surface area (Å²) in [6, 6.07) is 5.76. The van der Waals surface area contributed by atoms with Gasteiger partial charge < -0.3 is 9.72 Å². The maximum Gasteiger partial charge on any atom is 0.255 e. The number of aromatic amines is 1. The molecule has 1 aromatic carbocycles. The van der Waals surface area contributed by atoms with E-state index in [0.29, 0.717) is 24.3 Å². The number of fused-ring (bicyclic) bond motifs is 1. The molecule has 0 atom stereocenters. The van der Waals surface area contributed by atoms with Crippen LogP contribution in [0.1, 0.15) is 25.3 Å². The van der Waals surface area contributed by atoms with E-state index in [1.54, 1.807) is 6.08 Å². The maximum absolute atomic E-state index is 12.2. The maximum atomic E-state index is 12.2. The molecule has 0 saturated carbocycles. The molecule has 1 aromatic heterocycles. The Bertz CT molecular complexity index is 676. The highest BCUT2D eigenvalue weighted by Gasteiger charge is 2.13. The number of nitrogens with one attached hydrogen (secondary N) is 1. The molecule has 106 valence electrons. The quantitative estimate of drug-likeness (QED) is 0.635. The molecule has 0 radical (unpaired) electrons. The first-order valence-corrected chi connectivity index (χ1v) is 7.54. The van der Waals surface area contributed by atoms with Gasteiger partial charge in [-0.2, -0.15) is 0 Å². The van der Waals surface area contributed by atoms with Gasteiger partial charge in [0.1, 0.15) is 5.75 Å². The lowest BCUT2D eigenvalue weighted by Crippen LogP contribution is -2.15. The Morgan fingerprint density at radius 1 is 1.45 bits per heavy atom. The van der Waals surface area contributed by atoms with E-state index in [2.05, 4.69) is 34.4 Å². The lowest BCUT2D eigenvalue weighted by Gasteiger charge is -2.13. The molecule has 0 aliphatic carbocycles. The minimum atomic E-state index is -0.105. The molecule has 0 amide bonds. The van der Waals surface area contributed by atoms with Crippen molar-refractivity contribution in [1.29, 1.82) is 0 Å². The van der Waals surface area contributed by atoms with Gasteiger partial charge in [0.2, 0.25) is 0 Å². The first-order chi connectivity index (χ1) is 9.67. The van der Waals surface area contributed by atoms with Gasteiger partial charge >= 0.3 is 0 Å². The Balaban J connectivity index is 2.61. The van der Waals surface area contributed by atoms with Gasteiger partial charge in [0, 0.05) is 9.86 Å². The molecule has 0 fully saturated rings. The number of benzene rings is 1. The minimum absolute atomic E-state index is 0.105. The van der Waals surface area contributed by atoms with Crippen LogP contribution >= 0.6 is 15.9 Å². The molecule has 20 heavy (non-hydrogen) atoms. The highest BCUT2D eigenvalue weighted by Crippen LogP contribution is 2.29. The number of pyridine rings is 1. The van der Waals surface area contributed by atoms with Crippen molar-refractivity contribution in [2.24, 2.45) is 0 Å². The molecule has 3 nitrogen and oxygen atoms in total. The summed E-state index contributed by atoms with van der Waals surface area (Å²) in [5.41, 5.74) is 1.32. The molecule has 0 spiro atoms. The highest BCUT2D eigenvalue weighted by molar-refractivity contribution is 9.10. The zero-order valence-electron chi connectivity index (χ0n) is 11.5. The Morgan fingerprint density at radius 3 is 2.95 bits per heavy atom. The predicted octanol–water partition coefficient (Wildman–Crippen LogP) is 4.20. The van der Waals surface area contributed by atoms with E-state index in [0.717, 1.165) is 28.2 Å². The zero-order chi connectivity index (χ0) is 14.5. The smallest absolute Gasteiger partial charge is 0.255 e. The van der Waals surface area contributed by atoms with Crippen molar-refractivity contribution < 1.29 is 4.74 Å². The van der Waals surface area contributed by atoms with Gasteiger partial charge in [-0.25, -0.2) is 0 Å². The van der Waals surface area contributed by atoms with Crippen molar-refractivity contribution in [2.75, 3.05) is 6.61 Å². The fourth-order valence-corrected chi connectivity index (χ4v) is 2.45. The highest BCUT2D eigenvalue weighted by atomic mass is 79.9. The third kappa shape index (κ3) is 3.12. The Hall–Kier alpha value is -1.55. The van der Waals surface area contributed by atoms with E-state index in [9.17, 15) is 4.79 Å². The van der Waals surface area contributed by atoms with Gasteiger partial charge in [-0.05, 0) is 31.0 Å². The number of aromatic nitrogens is 1. The van der Waals surface area contributed by atoms with Crippen molar-refractivity contribution >= 4 is 26.8 Å². The molecule has 0 saturated heterocycles. The molecule has 2 rings (SSSR count). The van der Waals surface area contributed by atoms with Gasteiger partial charge in [-0.3, -0.25) is 4.79 Å². The van der Waals surface area contributed by atoms with E-state index in [1.165, 1.54) is 0 Å². The average Bonchev–Trinajstić information content (AvgIpc) is 2.43. The molecular weight excluding hydrogens is 318 g/mol. The summed E-state index contributed by atoms with van der Waals surface area (Å²) >= 11 is 3.46. The molecule has 0 bridgehead atoms. The number of unbranched alkanes of at least 4 members (excludes halogenated alkanes) is 1. The van der Waals surface area contributed by atoms with Crippen molar-refractivity contribution in [3.63, 3.8) is 0 Å². The second-order valence-corrected chi connectivity index (χ2v) is 5.56. The van der Waals surface area contributed by atoms with Crippen LogP contribution in [0.5, 0.6) is 5.75 Å². The summed E-state index contributed by atoms with van der Waals surface area (Å²) in [6.45, 7) is 6.44. The average molecular weight is 336 g/mol. The van der Waals surface area contributed by atoms with Crippen LogP contribution in [0.15, 0.2) is 40.1 Å². The molecule has 1 N–H and O–H groups in total. The summed E-state index contributed by atoms with van der Waals surface area (Å²) in [6.07, 6.45) is 4.25. The SMILES string of the molecule is C=CCc1c(OCCCC)c2cc(Br)ccc2[nH]c1=O. The summed E-state index contributed by atoms with van der Waals surface area (Å²) in [5.74, 6) is 0.679. The van der Waals surface area contributed by atoms with Crippen LogP contribution in [-0.2, 0) is 6.42 Å². The standard InChI is InChI=1S/C16H18BrNO2/c1-3-5-9-20-15-12(6-4-2)16(19)18-14-8-7-11(17)10-13(14)15/h4,7-8,10H,2-3,5-6,9H2,1H3,(H,18,19). The molecular formula is C16H18BrNO2. The molecule has 4 heteroatoms. The molecule has 0 unspecified atom stereocenters. The predicted molar refractivity (Wildman–Crippen MR) is 86.6 cm³/mol. The number of rotatable bonds is 6. The third-order valence-corrected chi connectivity index (χ3v) is 3.61. The Labute approximate surface area is 126 Å². The fourth-order valence-electron chi connectivity index (χ4n) is 2.09. The van der Waals surface area contributed by atoms with Crippen molar-refractivity contribution in [1.82, 2.24) is 4.98 Å². The van der Waals surface area contributed by atoms with Gasteiger partial charge in [-0.1, -0.05) is 35.4 Å². The number of H-pyrrole nitrogens is 1. The Morgan fingerprint density at radius 2 is 2.25 bits per heavy atom. The van der Waals surface area contributed by atoms with Crippen LogP contribution in [0.4, 0.5) is 0 Å². The van der Waals surface area contributed by atoms with Gasteiger partial charge in [0.15, 0.2) is 0 Å². The zero-order valence-corrected chi connectivity index (χ0v) is 13.1. The van der Waals surface area contributed by atoms with Gasteiger partial charge in [-0.15, -0.1) is 6.58 Å². The van der Waals surface area contributed by atoms with E-state index in [1.807, 2.05) is 18.2 Å². The van der Waals surface area contributed by atoms with Crippen LogP contribution in [0, 0.1) is 0 Å². The minimum Gasteiger partial charge on any atom is -0.492 e. The van der Waals surface area contributed by atoms with Crippen LogP contribution in [0.2, 0.25) is 0 Å². The van der Waals surface area contributed by atoms with Crippen molar-refractivity contribution in [2.45, 2.75) is 26.2 Å². The second kappa shape index (κ2) is 6.75. The van der Waals surface area contributed by atoms with Crippen LogP contribution in [0.3, 0.4) is 0 Å². The van der Waals surface area contributed by atoms with Crippen LogP contribution in [-0.4, -0.2) is 11.6 Å². The first-order valence-electron chi connectivity index (χ1n) is 6.75. The lowest BCUT2D eigenvalue weighted by molar-refractivity contribution is 0.310. The number of halogens is 1. The first kappa shape index (κ1) is 14.9. The lowest BCUT2D eigenvalue weighted by atomic mass is 10.1. The summed E-state index contributed by atoms with van der Waals surface area (Å²) in [4.78, 5) is 15.1. The number of allylic oxidation sites excluding steroid dienone is 1. The topological polar surface area (TPSA) is 42.1 Å². The molecule has 1 heterocycles. The van der Waals surface area contributed by atoms with Gasteiger partial charge in [0.05, 0.1) is 17.7 Å². The molecule has 0 aliphatic heterocycles. The van der Waals surface area contributed by atoms with E-state index < -0.39 is 0 Å². The van der Waals surface area contributed by atoms with Crippen LogP contribution in [0.25, 0.3) is 10.9 Å².